The lowest BCUT2D eigenvalue weighted by molar-refractivity contribution is -0.127. The van der Waals surface area contributed by atoms with Crippen molar-refractivity contribution in [2.75, 3.05) is 37.4 Å². The zero-order valence-corrected chi connectivity index (χ0v) is 29.8. The molecule has 3 aliphatic carbocycles. The number of phenols is 1. The van der Waals surface area contributed by atoms with Crippen molar-refractivity contribution < 1.29 is 52.9 Å². The number of nitrogens with two attached hydrogens (primary N) is 1. The fourth-order valence-corrected chi connectivity index (χ4v) is 7.56. The number of amides is 3. The molecule has 16 nitrogen and oxygen atoms in total. The van der Waals surface area contributed by atoms with Crippen molar-refractivity contribution in [3.05, 3.63) is 80.8 Å². The molecule has 3 atom stereocenters. The maximum Gasteiger partial charge on any atom is 0.519 e. The molecule has 54 heavy (non-hydrogen) atoms. The summed E-state index contributed by atoms with van der Waals surface area (Å²) in [6, 6.07) is 10.1. The average Bonchev–Trinajstić information content (AvgIpc) is 3.49. The highest BCUT2D eigenvalue weighted by atomic mass is 16.6. The number of aliphatic hydroxyl groups is 2. The molecule has 16 heteroatoms. The van der Waals surface area contributed by atoms with Crippen molar-refractivity contribution in [1.82, 2.24) is 4.90 Å². The Morgan fingerprint density at radius 2 is 1.76 bits per heavy atom. The molecule has 3 aromatic rings. The second-order valence-corrected chi connectivity index (χ2v) is 13.7. The number of rotatable bonds is 11. The molecule has 1 heterocycles. The standard InChI is InChI=1S/C38H40N4O12/c1-4-5-11-42(37(50)52-17-25-35(54-38(51)53-25)18-9-7-6-8-10-18)16-26(44)40-22-15-23(41(2)3)21-13-19-12-20-14-24(43)30(36(39)49)34(48)28(20)32(46)27(19)33(47)29(21)31(22)45/h6-10,15,19-20,28,45,47-48H,4-5,11-14,16-17H2,1-3H3,(H2,39,49)(H,40,44). The van der Waals surface area contributed by atoms with E-state index < -0.39 is 89.0 Å². The summed E-state index contributed by atoms with van der Waals surface area (Å²) in [5.74, 6) is -8.42. The van der Waals surface area contributed by atoms with Crippen molar-refractivity contribution >= 4 is 46.6 Å². The van der Waals surface area contributed by atoms with Crippen molar-refractivity contribution in [1.29, 1.82) is 0 Å². The first-order valence-electron chi connectivity index (χ1n) is 17.4. The van der Waals surface area contributed by atoms with Crippen LogP contribution in [0.25, 0.3) is 17.1 Å². The molecule has 6 rings (SSSR count). The van der Waals surface area contributed by atoms with E-state index >= 15 is 0 Å². The summed E-state index contributed by atoms with van der Waals surface area (Å²) in [6.07, 6.45) is 0.554. The van der Waals surface area contributed by atoms with Crippen molar-refractivity contribution in [2.45, 2.75) is 45.6 Å². The average molecular weight is 745 g/mol. The molecular weight excluding hydrogens is 704 g/mol. The smallest absolute Gasteiger partial charge is 0.511 e. The Balaban J connectivity index is 1.25. The van der Waals surface area contributed by atoms with Crippen LogP contribution < -0.4 is 21.8 Å². The van der Waals surface area contributed by atoms with Crippen LogP contribution in [0.1, 0.15) is 49.5 Å². The van der Waals surface area contributed by atoms with Crippen LogP contribution in [0.2, 0.25) is 0 Å². The molecule has 3 unspecified atom stereocenters. The number of hydrogen-bond acceptors (Lipinski definition) is 13. The Bertz CT molecular complexity index is 2160. The Morgan fingerprint density at radius 1 is 1.04 bits per heavy atom. The van der Waals surface area contributed by atoms with Gasteiger partial charge in [-0.2, -0.15) is 0 Å². The Kier molecular flexibility index (Phi) is 10.4. The maximum atomic E-state index is 13.9. The number of carbonyl (C=O) groups is 5. The normalized spacial score (nSPS) is 19.1. The summed E-state index contributed by atoms with van der Waals surface area (Å²) in [5, 5.41) is 36.6. The SMILES string of the molecule is CCCCN(CC(=O)Nc1cc(N(C)C)c2c(c1O)C(O)=C1C(=O)C3C(O)=C(C(N)=O)C(=O)CC3CC1C2)C(=O)OCc1oc(=O)oc1-c1ccccc1. The molecule has 0 radical (unpaired) electrons. The first kappa shape index (κ1) is 37.4. The number of ether oxygens (including phenoxy) is 1. The number of carbonyl (C=O) groups excluding carboxylic acids is 5. The third-order valence-corrected chi connectivity index (χ3v) is 10.0. The summed E-state index contributed by atoms with van der Waals surface area (Å²) in [5.41, 5.74) is 5.93. The maximum absolute atomic E-state index is 13.9. The summed E-state index contributed by atoms with van der Waals surface area (Å²) in [6.45, 7) is 1.07. The van der Waals surface area contributed by atoms with Gasteiger partial charge in [-0.25, -0.2) is 9.59 Å². The van der Waals surface area contributed by atoms with Crippen LogP contribution in [-0.4, -0.2) is 76.9 Å². The highest BCUT2D eigenvalue weighted by Gasteiger charge is 2.51. The fraction of sp³-hybridized carbons (Fsp3) is 0.368. The minimum atomic E-state index is -1.28. The Morgan fingerprint density at radius 3 is 2.43 bits per heavy atom. The summed E-state index contributed by atoms with van der Waals surface area (Å²) in [4.78, 5) is 80.0. The van der Waals surface area contributed by atoms with Crippen molar-refractivity contribution in [3.8, 4) is 17.1 Å². The number of nitrogens with zero attached hydrogens (tertiary/aromatic N) is 2. The zero-order valence-electron chi connectivity index (χ0n) is 29.8. The lowest BCUT2D eigenvalue weighted by Crippen LogP contribution is -2.44. The largest absolute Gasteiger partial charge is 0.519 e. The van der Waals surface area contributed by atoms with Crippen LogP contribution in [0, 0.1) is 17.8 Å². The molecule has 3 aliphatic rings. The minimum Gasteiger partial charge on any atom is -0.511 e. The summed E-state index contributed by atoms with van der Waals surface area (Å²) < 4.78 is 15.7. The Hall–Kier alpha value is -6.32. The molecule has 0 spiro atoms. The number of hydrogen-bond donors (Lipinski definition) is 5. The highest BCUT2D eigenvalue weighted by Crippen LogP contribution is 2.52. The second-order valence-electron chi connectivity index (χ2n) is 13.7. The first-order chi connectivity index (χ1) is 25.7. The van der Waals surface area contributed by atoms with E-state index in [4.69, 9.17) is 19.3 Å². The second kappa shape index (κ2) is 15.0. The van der Waals surface area contributed by atoms with E-state index in [9.17, 15) is 44.1 Å². The van der Waals surface area contributed by atoms with Gasteiger partial charge in [-0.3, -0.25) is 24.1 Å². The van der Waals surface area contributed by atoms with Crippen LogP contribution >= 0.6 is 0 Å². The molecule has 1 fully saturated rings. The van der Waals surface area contributed by atoms with Gasteiger partial charge in [-0.15, -0.1) is 0 Å². The van der Waals surface area contributed by atoms with Crippen LogP contribution in [-0.2, 0) is 36.9 Å². The molecular formula is C38H40N4O12. The van der Waals surface area contributed by atoms with Crippen LogP contribution in [0.5, 0.6) is 5.75 Å². The van der Waals surface area contributed by atoms with Gasteiger partial charge in [0.05, 0.1) is 17.2 Å². The molecule has 1 aromatic heterocycles. The van der Waals surface area contributed by atoms with E-state index in [1.54, 1.807) is 49.3 Å². The van der Waals surface area contributed by atoms with E-state index in [1.165, 1.54) is 6.07 Å². The van der Waals surface area contributed by atoms with E-state index in [-0.39, 0.29) is 54.2 Å². The van der Waals surface area contributed by atoms with E-state index in [0.717, 1.165) is 4.90 Å². The number of fused-ring (bicyclic) bond motifs is 3. The number of Topliss-reactive ketones (excluding diaryl/α,β-unsaturated/α-hetero) is 2. The van der Waals surface area contributed by atoms with Gasteiger partial charge in [0.2, 0.25) is 5.91 Å². The van der Waals surface area contributed by atoms with E-state index in [0.29, 0.717) is 29.7 Å². The predicted octanol–water partition coefficient (Wildman–Crippen LogP) is 3.97. The topological polar surface area (TPSA) is 243 Å². The highest BCUT2D eigenvalue weighted by molar-refractivity contribution is 6.21. The third-order valence-electron chi connectivity index (χ3n) is 10.0. The number of nitrogens with one attached hydrogen (secondary N) is 1. The molecule has 0 saturated heterocycles. The number of anilines is 2. The first-order valence-corrected chi connectivity index (χ1v) is 17.4. The molecule has 2 aromatic carbocycles. The van der Waals surface area contributed by atoms with Gasteiger partial charge < -0.3 is 44.8 Å². The van der Waals surface area contributed by atoms with Crippen LogP contribution in [0.15, 0.2) is 66.9 Å². The molecule has 284 valence electrons. The number of benzene rings is 2. The predicted molar refractivity (Wildman–Crippen MR) is 192 cm³/mol. The number of unbranched alkanes of at least 4 members (excludes halogenated alkanes) is 1. The number of aliphatic hydroxyl groups excluding tert-OH is 2. The molecule has 1 saturated carbocycles. The van der Waals surface area contributed by atoms with Gasteiger partial charge in [-0.05, 0) is 42.7 Å². The number of ketones is 2. The molecule has 0 aliphatic heterocycles. The lowest BCUT2D eigenvalue weighted by Gasteiger charge is -2.41. The Labute approximate surface area is 308 Å². The number of primary amides is 1. The summed E-state index contributed by atoms with van der Waals surface area (Å²) in [7, 11) is 3.44. The van der Waals surface area contributed by atoms with Gasteiger partial charge in [0.1, 0.15) is 29.4 Å². The zero-order chi connectivity index (χ0) is 39.0. The quantitative estimate of drug-likeness (QED) is 0.138. The van der Waals surface area contributed by atoms with Gasteiger partial charge in [-0.1, -0.05) is 43.7 Å². The molecule has 3 amide bonds. The monoisotopic (exact) mass is 744 g/mol. The fourth-order valence-electron chi connectivity index (χ4n) is 7.56. The molecule has 0 bridgehead atoms. The van der Waals surface area contributed by atoms with Crippen molar-refractivity contribution in [2.24, 2.45) is 23.5 Å². The third kappa shape index (κ3) is 6.93. The number of allylic oxidation sites excluding steroid dienone is 2. The van der Waals surface area contributed by atoms with Gasteiger partial charge in [0, 0.05) is 43.9 Å². The van der Waals surface area contributed by atoms with Gasteiger partial charge in [0.15, 0.2) is 29.7 Å². The van der Waals surface area contributed by atoms with Crippen LogP contribution in [0.3, 0.4) is 0 Å². The van der Waals surface area contributed by atoms with E-state index in [1.807, 2.05) is 6.92 Å². The lowest BCUT2D eigenvalue weighted by atomic mass is 9.61. The van der Waals surface area contributed by atoms with Gasteiger partial charge >= 0.3 is 11.9 Å². The van der Waals surface area contributed by atoms with Crippen molar-refractivity contribution in [3.63, 3.8) is 0 Å². The molecule has 6 N–H and O–H groups in total. The number of phenolic OH excluding ortho intramolecular Hbond substituents is 1. The number of aromatic hydroxyl groups is 1. The van der Waals surface area contributed by atoms with Gasteiger partial charge in [0.25, 0.3) is 5.91 Å². The summed E-state index contributed by atoms with van der Waals surface area (Å²) >= 11 is 0. The van der Waals surface area contributed by atoms with Crippen LogP contribution in [0.4, 0.5) is 16.2 Å². The van der Waals surface area contributed by atoms with E-state index in [2.05, 4.69) is 5.32 Å². The minimum absolute atomic E-state index is 0.0192.